The van der Waals surface area contributed by atoms with Gasteiger partial charge >= 0.3 is 0 Å². The molecular weight excluding hydrogens is 345 g/mol. The van der Waals surface area contributed by atoms with Crippen LogP contribution in [-0.4, -0.2) is 16.1 Å². The minimum Gasteiger partial charge on any atom is -0.507 e. The summed E-state index contributed by atoms with van der Waals surface area (Å²) >= 11 is 16.7. The summed E-state index contributed by atoms with van der Waals surface area (Å²) in [6.45, 7) is 0. The number of phenols is 1. The second kappa shape index (κ2) is 7.31. The maximum atomic E-state index is 11.9. The van der Waals surface area contributed by atoms with Crippen LogP contribution in [0.3, 0.4) is 0 Å². The Morgan fingerprint density at radius 2 is 1.77 bits per heavy atom. The van der Waals surface area contributed by atoms with Gasteiger partial charge in [-0.2, -0.15) is 0 Å². The van der Waals surface area contributed by atoms with E-state index in [0.29, 0.717) is 15.7 Å². The van der Waals surface area contributed by atoms with Crippen molar-refractivity contribution < 1.29 is 9.90 Å². The average molecular weight is 356 g/mol. The lowest BCUT2D eigenvalue weighted by atomic mass is 10.2. The topological polar surface area (TPSA) is 73.4 Å². The zero-order valence-corrected chi connectivity index (χ0v) is 13.4. The Morgan fingerprint density at radius 1 is 1.05 bits per heavy atom. The van der Waals surface area contributed by atoms with Crippen molar-refractivity contribution in [2.75, 3.05) is 5.32 Å². The molecule has 22 heavy (non-hydrogen) atoms. The monoisotopic (exact) mass is 355 g/mol. The summed E-state index contributed by atoms with van der Waals surface area (Å²) in [7, 11) is 0. The number of halogens is 2. The Kier molecular flexibility index (Phi) is 5.43. The second-order valence-electron chi connectivity index (χ2n) is 4.18. The lowest BCUT2D eigenvalue weighted by Gasteiger charge is -2.12. The number of para-hydroxylation sites is 1. The molecule has 0 aliphatic heterocycles. The summed E-state index contributed by atoms with van der Waals surface area (Å²) in [6.07, 6.45) is 0. The summed E-state index contributed by atoms with van der Waals surface area (Å²) in [4.78, 5) is 11.9. The molecule has 0 spiro atoms. The molecule has 2 rings (SSSR count). The molecule has 8 heteroatoms. The zero-order chi connectivity index (χ0) is 16.1. The van der Waals surface area contributed by atoms with E-state index in [1.807, 2.05) is 0 Å². The summed E-state index contributed by atoms with van der Waals surface area (Å²) in [5.74, 6) is -0.637. The molecule has 2 aromatic carbocycles. The first-order valence-corrected chi connectivity index (χ1v) is 7.24. The first-order chi connectivity index (χ1) is 10.5. The molecule has 2 aromatic rings. The molecular formula is C14H11Cl2N3O2S. The lowest BCUT2D eigenvalue weighted by Crippen LogP contribution is -2.43. The molecule has 114 valence electrons. The van der Waals surface area contributed by atoms with Crippen molar-refractivity contribution in [2.24, 2.45) is 0 Å². The van der Waals surface area contributed by atoms with E-state index >= 15 is 0 Å². The number of nitrogens with one attached hydrogen (secondary N) is 3. The Labute approximate surface area is 142 Å². The zero-order valence-electron chi connectivity index (χ0n) is 11.1. The molecule has 1 amide bonds. The molecule has 5 nitrogen and oxygen atoms in total. The number of amides is 1. The van der Waals surface area contributed by atoms with E-state index in [0.717, 1.165) is 0 Å². The third-order valence-electron chi connectivity index (χ3n) is 2.62. The molecule has 0 aromatic heterocycles. The van der Waals surface area contributed by atoms with Crippen LogP contribution in [0, 0.1) is 0 Å². The number of hydrogen-bond acceptors (Lipinski definition) is 3. The van der Waals surface area contributed by atoms with E-state index in [1.165, 1.54) is 12.1 Å². The molecule has 0 fully saturated rings. The average Bonchev–Trinajstić information content (AvgIpc) is 2.49. The van der Waals surface area contributed by atoms with Gasteiger partial charge in [-0.15, -0.1) is 0 Å². The summed E-state index contributed by atoms with van der Waals surface area (Å²) in [6, 6.07) is 11.1. The Hall–Kier alpha value is -2.02. The van der Waals surface area contributed by atoms with Crippen molar-refractivity contribution in [3.8, 4) is 5.75 Å². The van der Waals surface area contributed by atoms with Crippen LogP contribution < -0.4 is 16.2 Å². The van der Waals surface area contributed by atoms with Crippen LogP contribution in [0.25, 0.3) is 0 Å². The quantitative estimate of drug-likeness (QED) is 0.491. The minimum absolute atomic E-state index is 0.120. The molecule has 4 N–H and O–H groups in total. The smallest absolute Gasteiger partial charge is 0.273 e. The van der Waals surface area contributed by atoms with Gasteiger partial charge in [0.1, 0.15) is 5.75 Å². The van der Waals surface area contributed by atoms with E-state index in [9.17, 15) is 9.90 Å². The van der Waals surface area contributed by atoms with E-state index in [-0.39, 0.29) is 16.4 Å². The lowest BCUT2D eigenvalue weighted by molar-refractivity contribution is 0.0941. The highest BCUT2D eigenvalue weighted by atomic mass is 35.5. The Balaban J connectivity index is 1.91. The van der Waals surface area contributed by atoms with Gasteiger partial charge in [0.25, 0.3) is 5.91 Å². The number of hydrogen-bond donors (Lipinski definition) is 4. The van der Waals surface area contributed by atoms with Gasteiger partial charge in [0, 0.05) is 5.69 Å². The second-order valence-corrected chi connectivity index (χ2v) is 5.40. The van der Waals surface area contributed by atoms with Gasteiger partial charge in [-0.3, -0.25) is 15.6 Å². The van der Waals surface area contributed by atoms with Crippen molar-refractivity contribution in [1.82, 2.24) is 10.9 Å². The van der Waals surface area contributed by atoms with Crippen LogP contribution in [0.5, 0.6) is 5.75 Å². The summed E-state index contributed by atoms with van der Waals surface area (Å²) in [5.41, 5.74) is 5.64. The Morgan fingerprint density at radius 3 is 2.45 bits per heavy atom. The van der Waals surface area contributed by atoms with Crippen LogP contribution in [0.1, 0.15) is 10.4 Å². The fourth-order valence-corrected chi connectivity index (χ4v) is 2.05. The van der Waals surface area contributed by atoms with Crippen LogP contribution in [-0.2, 0) is 0 Å². The summed E-state index contributed by atoms with van der Waals surface area (Å²) < 4.78 is 0. The molecule has 0 aliphatic carbocycles. The number of carbonyl (C=O) groups excluding carboxylic acids is 1. The molecule has 0 bridgehead atoms. The third-order valence-corrected chi connectivity index (χ3v) is 3.56. The van der Waals surface area contributed by atoms with Crippen LogP contribution in [0.4, 0.5) is 5.69 Å². The van der Waals surface area contributed by atoms with E-state index in [1.54, 1.807) is 30.3 Å². The Bertz CT molecular complexity index is 725. The molecule has 0 heterocycles. The van der Waals surface area contributed by atoms with Gasteiger partial charge in [-0.1, -0.05) is 35.3 Å². The highest BCUT2D eigenvalue weighted by molar-refractivity contribution is 7.80. The molecule has 0 saturated heterocycles. The van der Waals surface area contributed by atoms with E-state index < -0.39 is 5.91 Å². The van der Waals surface area contributed by atoms with Crippen molar-refractivity contribution >= 4 is 52.1 Å². The number of aromatic hydroxyl groups is 1. The van der Waals surface area contributed by atoms with E-state index in [4.69, 9.17) is 35.4 Å². The van der Waals surface area contributed by atoms with Crippen LogP contribution in [0.15, 0.2) is 42.5 Å². The van der Waals surface area contributed by atoms with Crippen molar-refractivity contribution in [2.45, 2.75) is 0 Å². The largest absolute Gasteiger partial charge is 0.507 e. The number of phenolic OH excluding ortho intramolecular Hbond substituents is 1. The molecule has 0 radical (unpaired) electrons. The number of rotatable bonds is 2. The van der Waals surface area contributed by atoms with Gasteiger partial charge in [0.2, 0.25) is 0 Å². The first kappa shape index (κ1) is 16.4. The molecule has 0 aliphatic rings. The number of hydrazine groups is 1. The maximum absolute atomic E-state index is 11.9. The maximum Gasteiger partial charge on any atom is 0.273 e. The van der Waals surface area contributed by atoms with Crippen molar-refractivity contribution in [3.63, 3.8) is 0 Å². The van der Waals surface area contributed by atoms with Gasteiger partial charge in [0.15, 0.2) is 5.11 Å². The highest BCUT2D eigenvalue weighted by Crippen LogP contribution is 2.24. The highest BCUT2D eigenvalue weighted by Gasteiger charge is 2.10. The fraction of sp³-hybridized carbons (Fsp3) is 0. The van der Waals surface area contributed by atoms with Crippen molar-refractivity contribution in [1.29, 1.82) is 0 Å². The predicted molar refractivity (Wildman–Crippen MR) is 91.4 cm³/mol. The predicted octanol–water partition coefficient (Wildman–Crippen LogP) is 3.33. The number of benzene rings is 2. The first-order valence-electron chi connectivity index (χ1n) is 6.08. The minimum atomic E-state index is -0.517. The molecule has 0 unspecified atom stereocenters. The van der Waals surface area contributed by atoms with Gasteiger partial charge < -0.3 is 10.4 Å². The molecule has 0 atom stereocenters. The van der Waals surface area contributed by atoms with Gasteiger partial charge in [0.05, 0.1) is 15.6 Å². The van der Waals surface area contributed by atoms with Crippen molar-refractivity contribution in [3.05, 3.63) is 58.1 Å². The van der Waals surface area contributed by atoms with Gasteiger partial charge in [-0.05, 0) is 42.5 Å². The fourth-order valence-electron chi connectivity index (χ4n) is 1.58. The van der Waals surface area contributed by atoms with Crippen LogP contribution in [0.2, 0.25) is 10.0 Å². The number of thiocarbonyl (C=S) groups is 1. The SMILES string of the molecule is O=C(NNC(=S)Nc1ccc(Cl)c(Cl)c1)c1ccccc1O. The molecule has 0 saturated carbocycles. The van der Waals surface area contributed by atoms with E-state index in [2.05, 4.69) is 16.2 Å². The number of anilines is 1. The van der Waals surface area contributed by atoms with Gasteiger partial charge in [-0.25, -0.2) is 0 Å². The number of carbonyl (C=O) groups is 1. The standard InChI is InChI=1S/C14H11Cl2N3O2S/c15-10-6-5-8(7-11(10)16)17-14(22)19-18-13(21)9-3-1-2-4-12(9)20/h1-7,20H,(H,18,21)(H2,17,19,22). The summed E-state index contributed by atoms with van der Waals surface area (Å²) in [5, 5.41) is 13.4. The van der Waals surface area contributed by atoms with Crippen LogP contribution >= 0.6 is 35.4 Å². The normalized spacial score (nSPS) is 9.91. The third kappa shape index (κ3) is 4.24.